The second-order valence-electron chi connectivity index (χ2n) is 4.67. The average Bonchev–Trinajstić information content (AvgIpc) is 2.92. The van der Waals surface area contributed by atoms with Gasteiger partial charge in [0.05, 0.1) is 12.3 Å². The minimum atomic E-state index is 0.764. The largest absolute Gasteiger partial charge is 0.494 e. The van der Waals surface area contributed by atoms with E-state index in [4.69, 9.17) is 4.74 Å². The molecule has 1 aromatic heterocycles. The van der Waals surface area contributed by atoms with Crippen molar-refractivity contribution in [2.75, 3.05) is 6.61 Å². The first-order valence-electron chi connectivity index (χ1n) is 6.92. The van der Waals surface area contributed by atoms with Gasteiger partial charge in [0, 0.05) is 0 Å². The molecule has 0 aliphatic carbocycles. The van der Waals surface area contributed by atoms with Crippen molar-refractivity contribution < 1.29 is 4.74 Å². The molecule has 0 aliphatic heterocycles. The van der Waals surface area contributed by atoms with E-state index in [2.05, 4.69) is 17.1 Å². The lowest BCUT2D eigenvalue weighted by Crippen LogP contribution is -1.99. The van der Waals surface area contributed by atoms with Gasteiger partial charge < -0.3 is 4.74 Å². The standard InChI is InChI=1S/C16H17N3O/c1-2-3-12-20-14-10-8-13(9-11-14)19-17-15-6-4-5-7-16(15)18-19/h4-11H,2-3,12H2,1H3. The molecule has 1 heterocycles. The molecule has 0 N–H and O–H groups in total. The van der Waals surface area contributed by atoms with Gasteiger partial charge in [0.2, 0.25) is 0 Å². The fourth-order valence-electron chi connectivity index (χ4n) is 1.99. The highest BCUT2D eigenvalue weighted by Gasteiger charge is 2.03. The van der Waals surface area contributed by atoms with Crippen LogP contribution >= 0.6 is 0 Å². The smallest absolute Gasteiger partial charge is 0.119 e. The van der Waals surface area contributed by atoms with Gasteiger partial charge in [-0.1, -0.05) is 25.5 Å². The maximum Gasteiger partial charge on any atom is 0.119 e. The summed E-state index contributed by atoms with van der Waals surface area (Å²) in [5, 5.41) is 8.91. The first kappa shape index (κ1) is 12.7. The summed E-state index contributed by atoms with van der Waals surface area (Å²) < 4.78 is 5.65. The van der Waals surface area contributed by atoms with E-state index in [9.17, 15) is 0 Å². The van der Waals surface area contributed by atoms with Gasteiger partial charge in [-0.3, -0.25) is 0 Å². The van der Waals surface area contributed by atoms with Crippen molar-refractivity contribution in [3.05, 3.63) is 48.5 Å². The maximum absolute atomic E-state index is 5.65. The second-order valence-corrected chi connectivity index (χ2v) is 4.67. The topological polar surface area (TPSA) is 39.9 Å². The first-order chi connectivity index (χ1) is 9.86. The number of nitrogens with zero attached hydrogens (tertiary/aromatic N) is 3. The SMILES string of the molecule is CCCCOc1ccc(-n2nc3ccccc3n2)cc1. The molecule has 4 nitrogen and oxygen atoms in total. The number of aromatic nitrogens is 3. The van der Waals surface area contributed by atoms with Gasteiger partial charge in [-0.15, -0.1) is 10.2 Å². The van der Waals surface area contributed by atoms with Crippen LogP contribution in [0.5, 0.6) is 5.75 Å². The van der Waals surface area contributed by atoms with E-state index in [0.717, 1.165) is 41.9 Å². The molecule has 0 saturated carbocycles. The molecule has 0 saturated heterocycles. The van der Waals surface area contributed by atoms with Crippen molar-refractivity contribution >= 4 is 11.0 Å². The van der Waals surface area contributed by atoms with Gasteiger partial charge in [-0.05, 0) is 42.8 Å². The van der Waals surface area contributed by atoms with Crippen molar-refractivity contribution in [1.82, 2.24) is 15.0 Å². The van der Waals surface area contributed by atoms with Gasteiger partial charge in [-0.2, -0.15) is 4.80 Å². The molecule has 102 valence electrons. The van der Waals surface area contributed by atoms with Crippen molar-refractivity contribution in [3.8, 4) is 11.4 Å². The Morgan fingerprint density at radius 1 is 0.950 bits per heavy atom. The van der Waals surface area contributed by atoms with E-state index >= 15 is 0 Å². The Morgan fingerprint density at radius 3 is 2.20 bits per heavy atom. The Labute approximate surface area is 118 Å². The number of rotatable bonds is 5. The minimum absolute atomic E-state index is 0.764. The van der Waals surface area contributed by atoms with Crippen LogP contribution in [0.25, 0.3) is 16.7 Å². The zero-order valence-electron chi connectivity index (χ0n) is 11.5. The molecule has 2 aromatic carbocycles. The Kier molecular flexibility index (Phi) is 3.63. The number of hydrogen-bond donors (Lipinski definition) is 0. The fourth-order valence-corrected chi connectivity index (χ4v) is 1.99. The molecule has 3 rings (SSSR count). The molecule has 0 unspecified atom stereocenters. The van der Waals surface area contributed by atoms with Crippen LogP contribution in [0.3, 0.4) is 0 Å². The summed E-state index contributed by atoms with van der Waals surface area (Å²) in [6.45, 7) is 2.92. The molecule has 3 aromatic rings. The fraction of sp³-hybridized carbons (Fsp3) is 0.250. The van der Waals surface area contributed by atoms with Crippen molar-refractivity contribution in [1.29, 1.82) is 0 Å². The van der Waals surface area contributed by atoms with E-state index in [-0.39, 0.29) is 0 Å². The third-order valence-corrected chi connectivity index (χ3v) is 3.12. The number of fused-ring (bicyclic) bond motifs is 1. The van der Waals surface area contributed by atoms with Crippen molar-refractivity contribution in [2.45, 2.75) is 19.8 Å². The first-order valence-corrected chi connectivity index (χ1v) is 6.92. The molecule has 0 aliphatic rings. The lowest BCUT2D eigenvalue weighted by atomic mass is 10.3. The minimum Gasteiger partial charge on any atom is -0.494 e. The van der Waals surface area contributed by atoms with Crippen LogP contribution in [0, 0.1) is 0 Å². The molecule has 0 atom stereocenters. The third kappa shape index (κ3) is 2.64. The lowest BCUT2D eigenvalue weighted by Gasteiger charge is -2.05. The van der Waals surface area contributed by atoms with Crippen LogP contribution in [0.4, 0.5) is 0 Å². The molecule has 0 radical (unpaired) electrons. The van der Waals surface area contributed by atoms with E-state index in [1.807, 2.05) is 48.5 Å². The number of benzene rings is 2. The molecule has 0 bridgehead atoms. The summed E-state index contributed by atoms with van der Waals surface area (Å²) in [6.07, 6.45) is 2.22. The van der Waals surface area contributed by atoms with E-state index < -0.39 is 0 Å². The van der Waals surface area contributed by atoms with Crippen LogP contribution in [0.1, 0.15) is 19.8 Å². The summed E-state index contributed by atoms with van der Waals surface area (Å²) in [4.78, 5) is 1.65. The molecular weight excluding hydrogens is 250 g/mol. The number of ether oxygens (including phenoxy) is 1. The maximum atomic E-state index is 5.65. The molecule has 0 fully saturated rings. The second kappa shape index (κ2) is 5.74. The molecular formula is C16H17N3O. The van der Waals surface area contributed by atoms with Crippen LogP contribution in [0.2, 0.25) is 0 Å². The Bertz CT molecular complexity index is 655. The summed E-state index contributed by atoms with van der Waals surface area (Å²) in [7, 11) is 0. The highest BCUT2D eigenvalue weighted by atomic mass is 16.5. The highest BCUT2D eigenvalue weighted by Crippen LogP contribution is 2.16. The summed E-state index contributed by atoms with van der Waals surface area (Å²) in [6, 6.07) is 15.7. The third-order valence-electron chi connectivity index (χ3n) is 3.12. The number of hydrogen-bond acceptors (Lipinski definition) is 3. The van der Waals surface area contributed by atoms with E-state index in [1.165, 1.54) is 0 Å². The van der Waals surface area contributed by atoms with Crippen molar-refractivity contribution in [3.63, 3.8) is 0 Å². The predicted molar refractivity (Wildman–Crippen MR) is 79.3 cm³/mol. The highest BCUT2D eigenvalue weighted by molar-refractivity contribution is 5.73. The molecule has 20 heavy (non-hydrogen) atoms. The van der Waals surface area contributed by atoms with E-state index in [1.54, 1.807) is 4.80 Å². The zero-order valence-corrected chi connectivity index (χ0v) is 11.5. The van der Waals surface area contributed by atoms with Crippen LogP contribution in [-0.4, -0.2) is 21.6 Å². The molecule has 4 heteroatoms. The van der Waals surface area contributed by atoms with Crippen molar-refractivity contribution in [2.24, 2.45) is 0 Å². The molecule has 0 amide bonds. The van der Waals surface area contributed by atoms with Gasteiger partial charge in [0.15, 0.2) is 0 Å². The van der Waals surface area contributed by atoms with Crippen LogP contribution in [0.15, 0.2) is 48.5 Å². The summed E-state index contributed by atoms with van der Waals surface area (Å²) in [5.74, 6) is 0.888. The zero-order chi connectivity index (χ0) is 13.8. The normalized spacial score (nSPS) is 10.8. The monoisotopic (exact) mass is 267 g/mol. The average molecular weight is 267 g/mol. The Morgan fingerprint density at radius 2 is 1.60 bits per heavy atom. The van der Waals surface area contributed by atoms with Crippen LogP contribution < -0.4 is 4.74 Å². The van der Waals surface area contributed by atoms with Crippen LogP contribution in [-0.2, 0) is 0 Å². The summed E-state index contributed by atoms with van der Waals surface area (Å²) >= 11 is 0. The number of unbranched alkanes of at least 4 members (excludes halogenated alkanes) is 1. The van der Waals surface area contributed by atoms with E-state index in [0.29, 0.717) is 0 Å². The summed E-state index contributed by atoms with van der Waals surface area (Å²) in [5.41, 5.74) is 2.73. The molecule has 0 spiro atoms. The Hall–Kier alpha value is -2.36. The quantitative estimate of drug-likeness (QED) is 0.663. The van der Waals surface area contributed by atoms with Gasteiger partial charge in [0.25, 0.3) is 0 Å². The van der Waals surface area contributed by atoms with Gasteiger partial charge in [0.1, 0.15) is 16.8 Å². The van der Waals surface area contributed by atoms with Gasteiger partial charge in [-0.25, -0.2) is 0 Å². The Balaban J connectivity index is 1.79. The lowest BCUT2D eigenvalue weighted by molar-refractivity contribution is 0.309. The van der Waals surface area contributed by atoms with Gasteiger partial charge >= 0.3 is 0 Å². The predicted octanol–water partition coefficient (Wildman–Crippen LogP) is 3.60.